The van der Waals surface area contributed by atoms with Crippen molar-refractivity contribution in [2.75, 3.05) is 0 Å². The van der Waals surface area contributed by atoms with Crippen LogP contribution in [0.4, 0.5) is 4.39 Å². The zero-order valence-corrected chi connectivity index (χ0v) is 13.1. The fourth-order valence-electron chi connectivity index (χ4n) is 2.13. The van der Waals surface area contributed by atoms with Gasteiger partial charge >= 0.3 is 0 Å². The molecule has 0 spiro atoms. The van der Waals surface area contributed by atoms with E-state index in [1.54, 1.807) is 30.3 Å². The topological polar surface area (TPSA) is 65.2 Å². The van der Waals surface area contributed by atoms with Crippen LogP contribution in [0.1, 0.15) is 10.5 Å². The van der Waals surface area contributed by atoms with Gasteiger partial charge in [0.15, 0.2) is 0 Å². The molecular formula is C18H12ClFN2O2. The number of amides is 1. The number of primary amides is 1. The third kappa shape index (κ3) is 3.70. The van der Waals surface area contributed by atoms with Gasteiger partial charge in [0.25, 0.3) is 5.91 Å². The minimum absolute atomic E-state index is 0.0855. The Hall–Kier alpha value is -2.92. The van der Waals surface area contributed by atoms with E-state index in [-0.39, 0.29) is 11.5 Å². The van der Waals surface area contributed by atoms with Gasteiger partial charge in [-0.25, -0.2) is 9.37 Å². The van der Waals surface area contributed by atoms with Crippen LogP contribution in [0.5, 0.6) is 11.5 Å². The van der Waals surface area contributed by atoms with Gasteiger partial charge in [0, 0.05) is 10.6 Å². The van der Waals surface area contributed by atoms with Crippen LogP contribution in [-0.2, 0) is 0 Å². The number of nitrogens with zero attached hydrogens (tertiary/aromatic N) is 1. The molecule has 2 aromatic carbocycles. The molecule has 1 amide bonds. The number of pyridine rings is 1. The van der Waals surface area contributed by atoms with Crippen LogP contribution in [0.15, 0.2) is 60.7 Å². The Morgan fingerprint density at radius 1 is 1.04 bits per heavy atom. The molecule has 0 fully saturated rings. The zero-order valence-electron chi connectivity index (χ0n) is 12.4. The van der Waals surface area contributed by atoms with Crippen molar-refractivity contribution < 1.29 is 13.9 Å². The molecule has 0 aliphatic rings. The van der Waals surface area contributed by atoms with Crippen LogP contribution in [0.25, 0.3) is 11.3 Å². The molecule has 0 atom stereocenters. The van der Waals surface area contributed by atoms with Crippen molar-refractivity contribution in [2.24, 2.45) is 5.73 Å². The lowest BCUT2D eigenvalue weighted by molar-refractivity contribution is 0.0995. The largest absolute Gasteiger partial charge is 0.457 e. The lowest BCUT2D eigenvalue weighted by Gasteiger charge is -2.08. The van der Waals surface area contributed by atoms with Gasteiger partial charge in [-0.15, -0.1) is 0 Å². The molecule has 3 rings (SSSR count). The summed E-state index contributed by atoms with van der Waals surface area (Å²) in [4.78, 5) is 15.5. The summed E-state index contributed by atoms with van der Waals surface area (Å²) in [5.41, 5.74) is 6.55. The zero-order chi connectivity index (χ0) is 17.1. The van der Waals surface area contributed by atoms with Gasteiger partial charge in [0.1, 0.15) is 23.0 Å². The second-order valence-electron chi connectivity index (χ2n) is 5.00. The van der Waals surface area contributed by atoms with Crippen LogP contribution in [0.3, 0.4) is 0 Å². The number of hydrogen-bond acceptors (Lipinski definition) is 3. The van der Waals surface area contributed by atoms with E-state index in [9.17, 15) is 9.18 Å². The van der Waals surface area contributed by atoms with Gasteiger partial charge in [0.05, 0.1) is 5.69 Å². The molecule has 0 saturated carbocycles. The first-order valence-electron chi connectivity index (χ1n) is 7.02. The van der Waals surface area contributed by atoms with E-state index < -0.39 is 5.91 Å². The number of benzene rings is 2. The number of rotatable bonds is 4. The molecule has 1 heterocycles. The summed E-state index contributed by atoms with van der Waals surface area (Å²) >= 11 is 6.01. The SMILES string of the molecule is NC(=O)c1cc(Cl)cc(-c2cccc(Oc3ccc(F)cc3)c2)n1. The molecule has 24 heavy (non-hydrogen) atoms. The number of aromatic nitrogens is 1. The summed E-state index contributed by atoms with van der Waals surface area (Å²) < 4.78 is 18.6. The highest BCUT2D eigenvalue weighted by atomic mass is 35.5. The number of halogens is 2. The number of carbonyl (C=O) groups excluding carboxylic acids is 1. The molecule has 0 saturated heterocycles. The van der Waals surface area contributed by atoms with Gasteiger partial charge in [0.2, 0.25) is 0 Å². The molecule has 4 nitrogen and oxygen atoms in total. The van der Waals surface area contributed by atoms with Crippen LogP contribution < -0.4 is 10.5 Å². The lowest BCUT2D eigenvalue weighted by Crippen LogP contribution is -2.13. The lowest BCUT2D eigenvalue weighted by atomic mass is 10.1. The molecule has 0 radical (unpaired) electrons. The van der Waals surface area contributed by atoms with Crippen LogP contribution >= 0.6 is 11.6 Å². The molecule has 2 N–H and O–H groups in total. The highest BCUT2D eigenvalue weighted by molar-refractivity contribution is 6.31. The Balaban J connectivity index is 1.93. The Labute approximate surface area is 142 Å². The van der Waals surface area contributed by atoms with Gasteiger partial charge < -0.3 is 10.5 Å². The van der Waals surface area contributed by atoms with Crippen molar-refractivity contribution >= 4 is 17.5 Å². The predicted molar refractivity (Wildman–Crippen MR) is 89.7 cm³/mol. The van der Waals surface area contributed by atoms with E-state index >= 15 is 0 Å². The molecule has 0 bridgehead atoms. The van der Waals surface area contributed by atoms with E-state index in [1.165, 1.54) is 30.3 Å². The predicted octanol–water partition coefficient (Wildman–Crippen LogP) is 4.43. The highest BCUT2D eigenvalue weighted by Crippen LogP contribution is 2.28. The van der Waals surface area contributed by atoms with E-state index in [1.807, 2.05) is 0 Å². The fraction of sp³-hybridized carbons (Fsp3) is 0. The highest BCUT2D eigenvalue weighted by Gasteiger charge is 2.09. The van der Waals surface area contributed by atoms with E-state index in [0.29, 0.717) is 27.8 Å². The number of hydrogen-bond donors (Lipinski definition) is 1. The number of ether oxygens (including phenoxy) is 1. The average molecular weight is 343 g/mol. The molecule has 1 aromatic heterocycles. The average Bonchev–Trinajstić information content (AvgIpc) is 2.57. The second kappa shape index (κ2) is 6.68. The van der Waals surface area contributed by atoms with Crippen molar-refractivity contribution in [1.29, 1.82) is 0 Å². The Bertz CT molecular complexity index is 898. The minimum atomic E-state index is -0.655. The first kappa shape index (κ1) is 16.0. The molecule has 6 heteroatoms. The first-order valence-corrected chi connectivity index (χ1v) is 7.40. The monoisotopic (exact) mass is 342 g/mol. The van der Waals surface area contributed by atoms with Crippen LogP contribution in [0.2, 0.25) is 5.02 Å². The molecular weight excluding hydrogens is 331 g/mol. The summed E-state index contributed by atoms with van der Waals surface area (Å²) in [6.45, 7) is 0. The Morgan fingerprint density at radius 2 is 1.79 bits per heavy atom. The summed E-state index contributed by atoms with van der Waals surface area (Å²) in [5.74, 6) is 0.0580. The van der Waals surface area contributed by atoms with Crippen molar-refractivity contribution in [3.05, 3.63) is 77.2 Å². The van der Waals surface area contributed by atoms with Crippen LogP contribution in [-0.4, -0.2) is 10.9 Å². The Morgan fingerprint density at radius 3 is 2.50 bits per heavy atom. The van der Waals surface area contributed by atoms with Gasteiger partial charge in [-0.2, -0.15) is 0 Å². The van der Waals surface area contributed by atoms with E-state index in [0.717, 1.165) is 0 Å². The van der Waals surface area contributed by atoms with Crippen molar-refractivity contribution in [3.8, 4) is 22.8 Å². The molecule has 0 aliphatic carbocycles. The first-order chi connectivity index (χ1) is 11.5. The van der Waals surface area contributed by atoms with E-state index in [4.69, 9.17) is 22.1 Å². The maximum absolute atomic E-state index is 12.9. The standard InChI is InChI=1S/C18H12ClFN2O2/c19-12-9-16(22-17(10-12)18(21)23)11-2-1-3-15(8-11)24-14-6-4-13(20)5-7-14/h1-10H,(H2,21,23). The van der Waals surface area contributed by atoms with E-state index in [2.05, 4.69) is 4.98 Å². The van der Waals surface area contributed by atoms with Gasteiger partial charge in [-0.05, 0) is 48.5 Å². The smallest absolute Gasteiger partial charge is 0.267 e. The fourth-order valence-corrected chi connectivity index (χ4v) is 2.34. The summed E-state index contributed by atoms with van der Waals surface area (Å²) in [6.07, 6.45) is 0. The third-order valence-electron chi connectivity index (χ3n) is 3.22. The quantitative estimate of drug-likeness (QED) is 0.762. The summed E-state index contributed by atoms with van der Waals surface area (Å²) in [5, 5.41) is 0.360. The molecule has 0 unspecified atom stereocenters. The van der Waals surface area contributed by atoms with Gasteiger partial charge in [-0.3, -0.25) is 4.79 Å². The second-order valence-corrected chi connectivity index (χ2v) is 5.44. The Kier molecular flexibility index (Phi) is 4.44. The maximum atomic E-state index is 12.9. The van der Waals surface area contributed by atoms with Crippen molar-refractivity contribution in [1.82, 2.24) is 4.98 Å². The summed E-state index contributed by atoms with van der Waals surface area (Å²) in [6, 6.07) is 15.8. The number of nitrogens with two attached hydrogens (primary N) is 1. The summed E-state index contributed by atoms with van der Waals surface area (Å²) in [7, 11) is 0. The van der Waals surface area contributed by atoms with Crippen molar-refractivity contribution in [2.45, 2.75) is 0 Å². The minimum Gasteiger partial charge on any atom is -0.457 e. The number of carbonyl (C=O) groups is 1. The molecule has 120 valence electrons. The molecule has 3 aromatic rings. The third-order valence-corrected chi connectivity index (χ3v) is 3.44. The van der Waals surface area contributed by atoms with Crippen molar-refractivity contribution in [3.63, 3.8) is 0 Å². The van der Waals surface area contributed by atoms with Crippen LogP contribution in [0, 0.1) is 5.82 Å². The molecule has 0 aliphatic heterocycles. The maximum Gasteiger partial charge on any atom is 0.267 e. The normalized spacial score (nSPS) is 10.4. The van der Waals surface area contributed by atoms with Gasteiger partial charge in [-0.1, -0.05) is 23.7 Å².